The Balaban J connectivity index is 2.46. The molecule has 1 fully saturated rings. The molecular formula is C15H29N3O3. The highest BCUT2D eigenvalue weighted by Gasteiger charge is 2.27. The van der Waals surface area contributed by atoms with Gasteiger partial charge in [-0.15, -0.1) is 0 Å². The van der Waals surface area contributed by atoms with Crippen molar-refractivity contribution in [2.75, 3.05) is 26.7 Å². The molecule has 0 aromatic rings. The molecule has 0 bridgehead atoms. The maximum Gasteiger partial charge on any atom is 0.317 e. The summed E-state index contributed by atoms with van der Waals surface area (Å²) in [6.07, 6.45) is 2.42. The molecule has 0 aromatic carbocycles. The van der Waals surface area contributed by atoms with Crippen molar-refractivity contribution in [3.63, 3.8) is 0 Å². The summed E-state index contributed by atoms with van der Waals surface area (Å²) < 4.78 is 0. The molecule has 1 atom stereocenters. The number of nitrogens with one attached hydrogen (secondary N) is 2. The van der Waals surface area contributed by atoms with Crippen LogP contribution in [0.2, 0.25) is 0 Å². The van der Waals surface area contributed by atoms with E-state index in [-0.39, 0.29) is 24.0 Å². The molecule has 1 unspecified atom stereocenters. The first-order valence-corrected chi connectivity index (χ1v) is 7.65. The predicted octanol–water partition coefficient (Wildman–Crippen LogP) is 1.52. The number of urea groups is 1. The zero-order valence-corrected chi connectivity index (χ0v) is 13.6. The molecule has 1 rings (SSSR count). The number of nitrogens with zero attached hydrogens (tertiary/aromatic N) is 1. The lowest BCUT2D eigenvalue weighted by Gasteiger charge is -2.32. The van der Waals surface area contributed by atoms with Crippen LogP contribution in [0.15, 0.2) is 0 Å². The third kappa shape index (κ3) is 6.33. The molecule has 6 heteroatoms. The fraction of sp³-hybridized carbons (Fsp3) is 0.867. The highest BCUT2D eigenvalue weighted by atomic mass is 16.4. The van der Waals surface area contributed by atoms with Crippen LogP contribution >= 0.6 is 0 Å². The van der Waals surface area contributed by atoms with E-state index in [0.717, 1.165) is 25.9 Å². The van der Waals surface area contributed by atoms with Crippen molar-refractivity contribution >= 4 is 12.0 Å². The van der Waals surface area contributed by atoms with Crippen LogP contribution in [0.25, 0.3) is 0 Å². The molecule has 0 aliphatic carbocycles. The van der Waals surface area contributed by atoms with E-state index < -0.39 is 11.9 Å². The highest BCUT2D eigenvalue weighted by molar-refractivity contribution is 5.76. The van der Waals surface area contributed by atoms with E-state index in [1.807, 2.05) is 20.8 Å². The van der Waals surface area contributed by atoms with Crippen molar-refractivity contribution in [1.82, 2.24) is 15.5 Å². The second-order valence-corrected chi connectivity index (χ2v) is 7.08. The van der Waals surface area contributed by atoms with Crippen LogP contribution in [0.5, 0.6) is 0 Å². The van der Waals surface area contributed by atoms with E-state index in [1.54, 1.807) is 11.9 Å². The third-order valence-electron chi connectivity index (χ3n) is 3.88. The van der Waals surface area contributed by atoms with Gasteiger partial charge in [0.2, 0.25) is 0 Å². The first-order chi connectivity index (χ1) is 9.70. The van der Waals surface area contributed by atoms with Crippen LogP contribution < -0.4 is 10.6 Å². The number of carbonyl (C=O) groups excluding carboxylic acids is 1. The summed E-state index contributed by atoms with van der Waals surface area (Å²) >= 11 is 0. The number of carbonyl (C=O) groups is 2. The van der Waals surface area contributed by atoms with Gasteiger partial charge in [-0.2, -0.15) is 0 Å². The van der Waals surface area contributed by atoms with Crippen molar-refractivity contribution in [3.05, 3.63) is 0 Å². The SMILES string of the molecule is CN(C(=O)NCC(CC(C)(C)C)C(=O)O)C1CCNCC1. The van der Waals surface area contributed by atoms with Gasteiger partial charge in [0.05, 0.1) is 5.92 Å². The summed E-state index contributed by atoms with van der Waals surface area (Å²) in [5.41, 5.74) is -0.0747. The lowest BCUT2D eigenvalue weighted by Crippen LogP contribution is -2.49. The Morgan fingerprint density at radius 2 is 1.90 bits per heavy atom. The third-order valence-corrected chi connectivity index (χ3v) is 3.88. The molecule has 2 amide bonds. The summed E-state index contributed by atoms with van der Waals surface area (Å²) in [4.78, 5) is 25.1. The second-order valence-electron chi connectivity index (χ2n) is 7.08. The molecule has 6 nitrogen and oxygen atoms in total. The van der Waals surface area contributed by atoms with E-state index in [9.17, 15) is 14.7 Å². The molecule has 1 heterocycles. The molecule has 0 aromatic heterocycles. The smallest absolute Gasteiger partial charge is 0.317 e. The average Bonchev–Trinajstić information content (AvgIpc) is 2.41. The minimum Gasteiger partial charge on any atom is -0.481 e. The minimum atomic E-state index is -0.852. The van der Waals surface area contributed by atoms with Crippen molar-refractivity contribution < 1.29 is 14.7 Å². The van der Waals surface area contributed by atoms with Crippen LogP contribution in [0.4, 0.5) is 4.79 Å². The van der Waals surface area contributed by atoms with Gasteiger partial charge in [0.1, 0.15) is 0 Å². The van der Waals surface area contributed by atoms with E-state index in [0.29, 0.717) is 6.42 Å². The first kappa shape index (κ1) is 17.8. The first-order valence-electron chi connectivity index (χ1n) is 7.65. The number of rotatable bonds is 5. The summed E-state index contributed by atoms with van der Waals surface area (Å²) in [6.45, 7) is 8.04. The fourth-order valence-corrected chi connectivity index (χ4v) is 2.68. The maximum atomic E-state index is 12.1. The fourth-order valence-electron chi connectivity index (χ4n) is 2.68. The standard InChI is InChI=1S/C15H29N3O3/c1-15(2,3)9-11(13(19)20)10-17-14(21)18(4)12-5-7-16-8-6-12/h11-12,16H,5-10H2,1-4H3,(H,17,21)(H,19,20). The van der Waals surface area contributed by atoms with Crippen molar-refractivity contribution in [2.45, 2.75) is 46.1 Å². The molecule has 0 saturated carbocycles. The Bertz CT molecular complexity index is 360. The van der Waals surface area contributed by atoms with Crippen molar-refractivity contribution in [3.8, 4) is 0 Å². The van der Waals surface area contributed by atoms with Gasteiger partial charge >= 0.3 is 12.0 Å². The van der Waals surface area contributed by atoms with E-state index >= 15 is 0 Å². The Kier molecular flexibility index (Phi) is 6.45. The number of carboxylic acids is 1. The topological polar surface area (TPSA) is 81.7 Å². The van der Waals surface area contributed by atoms with Crippen LogP contribution in [0.3, 0.4) is 0 Å². The minimum absolute atomic E-state index is 0.0747. The van der Waals surface area contributed by atoms with Crippen LogP contribution in [0.1, 0.15) is 40.0 Å². The number of hydrogen-bond donors (Lipinski definition) is 3. The zero-order chi connectivity index (χ0) is 16.0. The second kappa shape index (κ2) is 7.64. The molecular weight excluding hydrogens is 270 g/mol. The Hall–Kier alpha value is -1.30. The molecule has 3 N–H and O–H groups in total. The molecule has 0 radical (unpaired) electrons. The summed E-state index contributed by atoms with van der Waals surface area (Å²) in [5.74, 6) is -1.40. The van der Waals surface area contributed by atoms with Crippen molar-refractivity contribution in [2.24, 2.45) is 11.3 Å². The highest BCUT2D eigenvalue weighted by Crippen LogP contribution is 2.24. The van der Waals surface area contributed by atoms with Gasteiger partial charge in [0.25, 0.3) is 0 Å². The van der Waals surface area contributed by atoms with Crippen LogP contribution in [0, 0.1) is 11.3 Å². The maximum absolute atomic E-state index is 12.1. The van der Waals surface area contributed by atoms with Gasteiger partial charge in [-0.25, -0.2) is 4.79 Å². The monoisotopic (exact) mass is 299 g/mol. The molecule has 21 heavy (non-hydrogen) atoms. The molecule has 1 aliphatic heterocycles. The van der Waals surface area contributed by atoms with E-state index in [1.165, 1.54) is 0 Å². The summed E-state index contributed by atoms with van der Waals surface area (Å²) in [7, 11) is 1.78. The molecule has 1 aliphatic rings. The Morgan fingerprint density at radius 3 is 2.38 bits per heavy atom. The van der Waals surface area contributed by atoms with E-state index in [4.69, 9.17) is 0 Å². The molecule has 122 valence electrons. The quantitative estimate of drug-likeness (QED) is 0.719. The number of aliphatic carboxylic acids is 1. The summed E-state index contributed by atoms with van der Waals surface area (Å²) in [5, 5.41) is 15.3. The van der Waals surface area contributed by atoms with Crippen LogP contribution in [-0.4, -0.2) is 54.7 Å². The number of piperidine rings is 1. The summed E-state index contributed by atoms with van der Waals surface area (Å²) in [6, 6.07) is 0.0548. The Morgan fingerprint density at radius 1 is 1.33 bits per heavy atom. The molecule has 1 saturated heterocycles. The van der Waals surface area contributed by atoms with Gasteiger partial charge in [-0.05, 0) is 37.8 Å². The van der Waals surface area contributed by atoms with Gasteiger partial charge in [0, 0.05) is 19.6 Å². The van der Waals surface area contributed by atoms with Gasteiger partial charge in [-0.3, -0.25) is 4.79 Å². The number of hydrogen-bond acceptors (Lipinski definition) is 3. The average molecular weight is 299 g/mol. The van der Waals surface area contributed by atoms with E-state index in [2.05, 4.69) is 10.6 Å². The van der Waals surface area contributed by atoms with Gasteiger partial charge < -0.3 is 20.6 Å². The zero-order valence-electron chi connectivity index (χ0n) is 13.6. The number of carboxylic acid groups (broad SMARTS) is 1. The Labute approximate surface area is 127 Å². The van der Waals surface area contributed by atoms with Gasteiger partial charge in [-0.1, -0.05) is 20.8 Å². The number of amides is 2. The predicted molar refractivity (Wildman–Crippen MR) is 82.3 cm³/mol. The lowest BCUT2D eigenvalue weighted by molar-refractivity contribution is -0.142. The van der Waals surface area contributed by atoms with Crippen LogP contribution in [-0.2, 0) is 4.79 Å². The lowest BCUT2D eigenvalue weighted by atomic mass is 9.84. The van der Waals surface area contributed by atoms with Gasteiger partial charge in [0.15, 0.2) is 0 Å². The molecule has 0 spiro atoms. The largest absolute Gasteiger partial charge is 0.481 e. The normalized spacial score (nSPS) is 18.1. The van der Waals surface area contributed by atoms with Crippen molar-refractivity contribution in [1.29, 1.82) is 0 Å².